The van der Waals surface area contributed by atoms with Gasteiger partial charge in [0.1, 0.15) is 12.4 Å². The zero-order valence-electron chi connectivity index (χ0n) is 15.5. The summed E-state index contributed by atoms with van der Waals surface area (Å²) in [7, 11) is 0. The number of rotatable bonds is 7. The Morgan fingerprint density at radius 2 is 1.50 bits per heavy atom. The van der Waals surface area contributed by atoms with Gasteiger partial charge in [-0.1, -0.05) is 54.3 Å². The third kappa shape index (κ3) is 6.54. The predicted molar refractivity (Wildman–Crippen MR) is 112 cm³/mol. The van der Waals surface area contributed by atoms with Crippen molar-refractivity contribution in [3.05, 3.63) is 96.1 Å². The third-order valence-electron chi connectivity index (χ3n) is 3.88. The Morgan fingerprint density at radius 3 is 2.29 bits per heavy atom. The molecule has 3 aromatic carbocycles. The van der Waals surface area contributed by atoms with E-state index in [0.29, 0.717) is 13.2 Å². The number of carbonyl (C=O) groups excluding carboxylic acids is 1. The number of carbonyl (C=O) groups is 1. The number of anilines is 1. The van der Waals surface area contributed by atoms with Gasteiger partial charge in [-0.05, 0) is 42.5 Å². The molecular weight excluding hydrogens is 348 g/mol. The Labute approximate surface area is 165 Å². The van der Waals surface area contributed by atoms with E-state index in [9.17, 15) is 4.79 Å². The minimum absolute atomic E-state index is 0.0857. The molecule has 0 bridgehead atoms. The standard InChI is InChI=1S/C24H22N2O2/c27-24(25-16-17-28-23-12-5-2-6-13-23)19-26-22-11-7-10-21(18-22)15-14-20-8-3-1-4-9-20/h1-13,18,26H,16-17,19H2,(H,25,27). The summed E-state index contributed by atoms with van der Waals surface area (Å²) in [6.45, 7) is 1.08. The van der Waals surface area contributed by atoms with E-state index in [1.54, 1.807) is 0 Å². The Balaban J connectivity index is 1.42. The molecule has 3 aromatic rings. The van der Waals surface area contributed by atoms with E-state index >= 15 is 0 Å². The second-order valence-electron chi connectivity index (χ2n) is 6.06. The van der Waals surface area contributed by atoms with Crippen LogP contribution in [0.2, 0.25) is 0 Å². The van der Waals surface area contributed by atoms with Crippen LogP contribution in [0.25, 0.3) is 0 Å². The van der Waals surface area contributed by atoms with E-state index in [1.807, 2.05) is 84.9 Å². The van der Waals surface area contributed by atoms with E-state index in [-0.39, 0.29) is 12.5 Å². The maximum absolute atomic E-state index is 12.0. The predicted octanol–water partition coefficient (Wildman–Crippen LogP) is 3.69. The van der Waals surface area contributed by atoms with E-state index in [1.165, 1.54) is 0 Å². The minimum atomic E-state index is -0.0857. The van der Waals surface area contributed by atoms with Crippen molar-refractivity contribution in [1.29, 1.82) is 0 Å². The SMILES string of the molecule is O=C(CNc1cccc(C#Cc2ccccc2)c1)NCCOc1ccccc1. The summed E-state index contributed by atoms with van der Waals surface area (Å²) in [6, 6.07) is 27.1. The van der Waals surface area contributed by atoms with Gasteiger partial charge in [-0.2, -0.15) is 0 Å². The van der Waals surface area contributed by atoms with Crippen LogP contribution in [0.4, 0.5) is 5.69 Å². The van der Waals surface area contributed by atoms with Gasteiger partial charge in [0.15, 0.2) is 0 Å². The first-order chi connectivity index (χ1) is 13.8. The zero-order valence-corrected chi connectivity index (χ0v) is 15.5. The molecule has 0 saturated heterocycles. The van der Waals surface area contributed by atoms with Gasteiger partial charge in [0.25, 0.3) is 0 Å². The summed E-state index contributed by atoms with van der Waals surface area (Å²) in [5.74, 6) is 6.98. The lowest BCUT2D eigenvalue weighted by Gasteiger charge is -2.09. The van der Waals surface area contributed by atoms with Crippen molar-refractivity contribution in [2.75, 3.05) is 25.0 Å². The molecule has 2 N–H and O–H groups in total. The average molecular weight is 370 g/mol. The number of nitrogens with one attached hydrogen (secondary N) is 2. The second kappa shape index (κ2) is 10.4. The van der Waals surface area contributed by atoms with Crippen molar-refractivity contribution in [1.82, 2.24) is 5.32 Å². The number of hydrogen-bond acceptors (Lipinski definition) is 3. The monoisotopic (exact) mass is 370 g/mol. The summed E-state index contributed by atoms with van der Waals surface area (Å²) in [6.07, 6.45) is 0. The molecule has 0 radical (unpaired) electrons. The molecule has 0 aliphatic carbocycles. The molecule has 0 saturated carbocycles. The Bertz CT molecular complexity index is 944. The fourth-order valence-electron chi connectivity index (χ4n) is 2.49. The quantitative estimate of drug-likeness (QED) is 0.493. The number of ether oxygens (including phenoxy) is 1. The first kappa shape index (κ1) is 19.1. The molecule has 0 aliphatic rings. The minimum Gasteiger partial charge on any atom is -0.492 e. The molecule has 0 atom stereocenters. The van der Waals surface area contributed by atoms with Gasteiger partial charge in [0, 0.05) is 16.8 Å². The van der Waals surface area contributed by atoms with Crippen molar-refractivity contribution < 1.29 is 9.53 Å². The van der Waals surface area contributed by atoms with Gasteiger partial charge in [0.05, 0.1) is 13.1 Å². The van der Waals surface area contributed by atoms with Crippen LogP contribution in [-0.2, 0) is 4.79 Å². The summed E-state index contributed by atoms with van der Waals surface area (Å²) in [5, 5.41) is 5.95. The molecule has 0 unspecified atom stereocenters. The van der Waals surface area contributed by atoms with E-state index in [0.717, 1.165) is 22.6 Å². The van der Waals surface area contributed by atoms with Crippen LogP contribution in [0, 0.1) is 11.8 Å². The molecule has 0 spiro atoms. The fourth-order valence-corrected chi connectivity index (χ4v) is 2.49. The lowest BCUT2D eigenvalue weighted by molar-refractivity contribution is -0.119. The maximum atomic E-state index is 12.0. The molecule has 0 heterocycles. The van der Waals surface area contributed by atoms with Gasteiger partial charge in [-0.15, -0.1) is 0 Å². The molecular formula is C24H22N2O2. The van der Waals surface area contributed by atoms with Gasteiger partial charge >= 0.3 is 0 Å². The van der Waals surface area contributed by atoms with Crippen molar-refractivity contribution in [3.8, 4) is 17.6 Å². The van der Waals surface area contributed by atoms with Gasteiger partial charge in [-0.25, -0.2) is 0 Å². The molecule has 0 aliphatic heterocycles. The molecule has 1 amide bonds. The van der Waals surface area contributed by atoms with Crippen LogP contribution in [0.1, 0.15) is 11.1 Å². The highest BCUT2D eigenvalue weighted by molar-refractivity contribution is 5.80. The largest absolute Gasteiger partial charge is 0.492 e. The van der Waals surface area contributed by atoms with E-state index < -0.39 is 0 Å². The smallest absolute Gasteiger partial charge is 0.239 e. The van der Waals surface area contributed by atoms with Gasteiger partial charge in [-0.3, -0.25) is 4.79 Å². The summed E-state index contributed by atoms with van der Waals surface area (Å²) < 4.78 is 5.55. The Hall–Kier alpha value is -3.71. The molecule has 3 rings (SSSR count). The topological polar surface area (TPSA) is 50.4 Å². The summed E-state index contributed by atoms with van der Waals surface area (Å²) in [4.78, 5) is 12.0. The molecule has 4 heteroatoms. The van der Waals surface area contributed by atoms with Crippen LogP contribution < -0.4 is 15.4 Å². The average Bonchev–Trinajstić information content (AvgIpc) is 2.76. The lowest BCUT2D eigenvalue weighted by Crippen LogP contribution is -2.33. The Morgan fingerprint density at radius 1 is 0.821 bits per heavy atom. The van der Waals surface area contributed by atoms with Gasteiger partial charge in [0.2, 0.25) is 5.91 Å². The fraction of sp³-hybridized carbons (Fsp3) is 0.125. The molecule has 0 aromatic heterocycles. The number of hydrogen-bond donors (Lipinski definition) is 2. The highest BCUT2D eigenvalue weighted by Crippen LogP contribution is 2.10. The first-order valence-electron chi connectivity index (χ1n) is 9.15. The number of amides is 1. The Kier molecular flexibility index (Phi) is 7.11. The van der Waals surface area contributed by atoms with E-state index in [2.05, 4.69) is 22.5 Å². The zero-order chi connectivity index (χ0) is 19.4. The van der Waals surface area contributed by atoms with Crippen molar-refractivity contribution in [2.45, 2.75) is 0 Å². The summed E-state index contributed by atoms with van der Waals surface area (Å²) >= 11 is 0. The van der Waals surface area contributed by atoms with Crippen LogP contribution in [0.5, 0.6) is 5.75 Å². The van der Waals surface area contributed by atoms with Gasteiger partial charge < -0.3 is 15.4 Å². The number of benzene rings is 3. The third-order valence-corrected chi connectivity index (χ3v) is 3.88. The van der Waals surface area contributed by atoms with Crippen LogP contribution in [0.15, 0.2) is 84.9 Å². The highest BCUT2D eigenvalue weighted by Gasteiger charge is 2.01. The van der Waals surface area contributed by atoms with Crippen molar-refractivity contribution >= 4 is 11.6 Å². The van der Waals surface area contributed by atoms with Crippen molar-refractivity contribution in [2.24, 2.45) is 0 Å². The van der Waals surface area contributed by atoms with Crippen LogP contribution >= 0.6 is 0 Å². The summed E-state index contributed by atoms with van der Waals surface area (Å²) in [5.41, 5.74) is 2.72. The van der Waals surface area contributed by atoms with Crippen molar-refractivity contribution in [3.63, 3.8) is 0 Å². The molecule has 28 heavy (non-hydrogen) atoms. The van der Waals surface area contributed by atoms with Crippen LogP contribution in [0.3, 0.4) is 0 Å². The first-order valence-corrected chi connectivity index (χ1v) is 9.15. The van der Waals surface area contributed by atoms with E-state index in [4.69, 9.17) is 4.74 Å². The number of para-hydroxylation sites is 1. The second-order valence-corrected chi connectivity index (χ2v) is 6.06. The normalized spacial score (nSPS) is 9.71. The highest BCUT2D eigenvalue weighted by atomic mass is 16.5. The molecule has 140 valence electrons. The lowest BCUT2D eigenvalue weighted by atomic mass is 10.1. The molecule has 4 nitrogen and oxygen atoms in total. The van der Waals surface area contributed by atoms with Crippen LogP contribution in [-0.4, -0.2) is 25.6 Å². The molecule has 0 fully saturated rings. The maximum Gasteiger partial charge on any atom is 0.239 e.